The monoisotopic (exact) mass is 296 g/mol. The second-order valence-electron chi connectivity index (χ2n) is 5.54. The summed E-state index contributed by atoms with van der Waals surface area (Å²) in [5.41, 5.74) is 0.0218. The van der Waals surface area contributed by atoms with E-state index < -0.39 is 5.97 Å². The van der Waals surface area contributed by atoms with Crippen LogP contribution in [0, 0.1) is 0 Å². The van der Waals surface area contributed by atoms with Crippen LogP contribution in [0.2, 0.25) is 5.02 Å². The van der Waals surface area contributed by atoms with Crippen molar-refractivity contribution in [1.82, 2.24) is 0 Å². The van der Waals surface area contributed by atoms with Gasteiger partial charge in [-0.05, 0) is 31.4 Å². The third-order valence-corrected chi connectivity index (χ3v) is 4.51. The minimum atomic E-state index is -1.06. The van der Waals surface area contributed by atoms with Gasteiger partial charge in [0.25, 0.3) is 0 Å². The minimum absolute atomic E-state index is 0.000571. The first-order chi connectivity index (χ1) is 9.60. The van der Waals surface area contributed by atoms with E-state index in [1.54, 1.807) is 18.2 Å². The summed E-state index contributed by atoms with van der Waals surface area (Å²) in [5, 5.41) is 9.46. The average molecular weight is 297 g/mol. The van der Waals surface area contributed by atoms with Crippen molar-refractivity contribution in [2.24, 2.45) is 0 Å². The predicted molar refractivity (Wildman–Crippen MR) is 74.6 cm³/mol. The molecule has 1 spiro atoms. The zero-order valence-corrected chi connectivity index (χ0v) is 11.9. The number of carboxylic acids is 1. The Balaban J connectivity index is 1.77. The SMILES string of the molecule is O=C(O)c1c(Cl)cccc1OC1CCOC2(CCC2)C1. The lowest BCUT2D eigenvalue weighted by Crippen LogP contribution is -2.48. The second kappa shape index (κ2) is 5.26. The molecule has 1 saturated heterocycles. The second-order valence-corrected chi connectivity index (χ2v) is 5.94. The van der Waals surface area contributed by atoms with E-state index in [9.17, 15) is 9.90 Å². The molecule has 2 aliphatic rings. The van der Waals surface area contributed by atoms with Crippen molar-refractivity contribution in [2.45, 2.75) is 43.8 Å². The minimum Gasteiger partial charge on any atom is -0.489 e. The van der Waals surface area contributed by atoms with Gasteiger partial charge >= 0.3 is 5.97 Å². The van der Waals surface area contributed by atoms with E-state index in [2.05, 4.69) is 0 Å². The topological polar surface area (TPSA) is 55.8 Å². The first kappa shape index (κ1) is 13.7. The fraction of sp³-hybridized carbons (Fsp3) is 0.533. The zero-order valence-electron chi connectivity index (χ0n) is 11.1. The zero-order chi connectivity index (χ0) is 14.2. The molecule has 1 atom stereocenters. The quantitative estimate of drug-likeness (QED) is 0.927. The molecule has 1 heterocycles. The van der Waals surface area contributed by atoms with Crippen LogP contribution >= 0.6 is 11.6 Å². The maximum Gasteiger partial charge on any atom is 0.341 e. The van der Waals surface area contributed by atoms with Gasteiger partial charge < -0.3 is 14.6 Å². The molecule has 20 heavy (non-hydrogen) atoms. The lowest BCUT2D eigenvalue weighted by molar-refractivity contribution is -0.153. The number of hydrogen-bond donors (Lipinski definition) is 1. The van der Waals surface area contributed by atoms with E-state index in [0.29, 0.717) is 12.4 Å². The molecule has 5 heteroatoms. The number of benzene rings is 1. The summed E-state index contributed by atoms with van der Waals surface area (Å²) in [6.45, 7) is 0.674. The van der Waals surface area contributed by atoms with Crippen LogP contribution < -0.4 is 4.74 Å². The Morgan fingerprint density at radius 3 is 2.90 bits per heavy atom. The molecule has 0 bridgehead atoms. The van der Waals surface area contributed by atoms with Crippen LogP contribution in [-0.2, 0) is 4.74 Å². The van der Waals surface area contributed by atoms with Crippen molar-refractivity contribution in [2.75, 3.05) is 6.61 Å². The Hall–Kier alpha value is -1.26. The van der Waals surface area contributed by atoms with Crippen molar-refractivity contribution < 1.29 is 19.4 Å². The smallest absolute Gasteiger partial charge is 0.341 e. The van der Waals surface area contributed by atoms with Crippen LogP contribution in [0.25, 0.3) is 0 Å². The number of aromatic carboxylic acids is 1. The van der Waals surface area contributed by atoms with Crippen LogP contribution in [0.5, 0.6) is 5.75 Å². The Morgan fingerprint density at radius 2 is 2.25 bits per heavy atom. The van der Waals surface area contributed by atoms with E-state index in [4.69, 9.17) is 21.1 Å². The van der Waals surface area contributed by atoms with Crippen LogP contribution in [0.4, 0.5) is 0 Å². The van der Waals surface area contributed by atoms with E-state index in [0.717, 1.165) is 25.7 Å². The van der Waals surface area contributed by atoms with Gasteiger partial charge in [0.1, 0.15) is 17.4 Å². The summed E-state index contributed by atoms with van der Waals surface area (Å²) in [6, 6.07) is 4.94. The van der Waals surface area contributed by atoms with E-state index in [-0.39, 0.29) is 22.3 Å². The van der Waals surface area contributed by atoms with Crippen molar-refractivity contribution in [3.8, 4) is 5.75 Å². The Labute approximate surface area is 122 Å². The summed E-state index contributed by atoms with van der Waals surface area (Å²) >= 11 is 5.95. The van der Waals surface area contributed by atoms with Gasteiger partial charge in [-0.15, -0.1) is 0 Å². The van der Waals surface area contributed by atoms with Crippen LogP contribution in [-0.4, -0.2) is 29.4 Å². The summed E-state index contributed by atoms with van der Waals surface area (Å²) in [6.07, 6.45) is 4.97. The number of carbonyl (C=O) groups is 1. The first-order valence-electron chi connectivity index (χ1n) is 6.92. The molecule has 1 saturated carbocycles. The summed E-state index contributed by atoms with van der Waals surface area (Å²) in [5.74, 6) is -0.706. The Bertz CT molecular complexity index is 525. The molecule has 1 N–H and O–H groups in total. The summed E-state index contributed by atoms with van der Waals surface area (Å²) in [4.78, 5) is 11.3. The van der Waals surface area contributed by atoms with Gasteiger partial charge in [-0.3, -0.25) is 0 Å². The maximum absolute atomic E-state index is 11.3. The van der Waals surface area contributed by atoms with Gasteiger partial charge in [-0.1, -0.05) is 17.7 Å². The highest BCUT2D eigenvalue weighted by Crippen LogP contribution is 2.43. The van der Waals surface area contributed by atoms with Crippen LogP contribution in [0.3, 0.4) is 0 Å². The normalized spacial score (nSPS) is 24.1. The van der Waals surface area contributed by atoms with Gasteiger partial charge in [-0.25, -0.2) is 4.79 Å². The maximum atomic E-state index is 11.3. The molecule has 1 aromatic carbocycles. The molecule has 0 amide bonds. The number of carboxylic acid groups (broad SMARTS) is 1. The van der Waals surface area contributed by atoms with Gasteiger partial charge in [0.15, 0.2) is 0 Å². The Morgan fingerprint density at radius 1 is 1.45 bits per heavy atom. The van der Waals surface area contributed by atoms with Crippen molar-refractivity contribution in [3.63, 3.8) is 0 Å². The highest BCUT2D eigenvalue weighted by Gasteiger charge is 2.43. The fourth-order valence-corrected chi connectivity index (χ4v) is 3.24. The number of rotatable bonds is 3. The molecule has 1 aliphatic heterocycles. The molecule has 2 fully saturated rings. The van der Waals surface area contributed by atoms with Crippen molar-refractivity contribution in [3.05, 3.63) is 28.8 Å². The lowest BCUT2D eigenvalue weighted by Gasteiger charge is -2.46. The van der Waals surface area contributed by atoms with Gasteiger partial charge in [0.05, 0.1) is 17.2 Å². The van der Waals surface area contributed by atoms with E-state index >= 15 is 0 Å². The largest absolute Gasteiger partial charge is 0.489 e. The first-order valence-corrected chi connectivity index (χ1v) is 7.30. The van der Waals surface area contributed by atoms with Gasteiger partial charge in [0, 0.05) is 12.8 Å². The van der Waals surface area contributed by atoms with E-state index in [1.807, 2.05) is 0 Å². The highest BCUT2D eigenvalue weighted by atomic mass is 35.5. The summed E-state index contributed by atoms with van der Waals surface area (Å²) in [7, 11) is 0. The van der Waals surface area contributed by atoms with Crippen LogP contribution in [0.1, 0.15) is 42.5 Å². The highest BCUT2D eigenvalue weighted by molar-refractivity contribution is 6.33. The molecule has 1 aromatic rings. The lowest BCUT2D eigenvalue weighted by atomic mass is 9.74. The van der Waals surface area contributed by atoms with E-state index in [1.165, 1.54) is 6.42 Å². The van der Waals surface area contributed by atoms with Gasteiger partial charge in [-0.2, -0.15) is 0 Å². The average Bonchev–Trinajstić information content (AvgIpc) is 2.37. The number of halogens is 1. The molecule has 108 valence electrons. The number of hydrogen-bond acceptors (Lipinski definition) is 3. The Kier molecular flexibility index (Phi) is 3.61. The molecule has 1 unspecified atom stereocenters. The number of ether oxygens (including phenoxy) is 2. The predicted octanol–water partition coefficient (Wildman–Crippen LogP) is 3.52. The molecular formula is C15H17ClO4. The standard InChI is InChI=1S/C15H17ClO4/c16-11-3-1-4-12(13(11)14(17)18)20-10-5-8-19-15(9-10)6-2-7-15/h1,3-4,10H,2,5-9H2,(H,17,18). The summed E-state index contributed by atoms with van der Waals surface area (Å²) < 4.78 is 11.8. The van der Waals surface area contributed by atoms with Crippen molar-refractivity contribution in [1.29, 1.82) is 0 Å². The van der Waals surface area contributed by atoms with Gasteiger partial charge in [0.2, 0.25) is 0 Å². The third-order valence-electron chi connectivity index (χ3n) is 4.20. The molecular weight excluding hydrogens is 280 g/mol. The molecule has 0 radical (unpaired) electrons. The fourth-order valence-electron chi connectivity index (χ4n) is 2.99. The molecule has 4 nitrogen and oxygen atoms in total. The van der Waals surface area contributed by atoms with Crippen LogP contribution in [0.15, 0.2) is 18.2 Å². The molecule has 0 aromatic heterocycles. The molecule has 3 rings (SSSR count). The molecule has 1 aliphatic carbocycles. The van der Waals surface area contributed by atoms with Crippen molar-refractivity contribution >= 4 is 17.6 Å². The third kappa shape index (κ3) is 2.50.